The number of hydrogen-bond donors (Lipinski definition) is 2. The number of amides is 3. The normalized spacial score (nSPS) is 17.7. The highest BCUT2D eigenvalue weighted by Gasteiger charge is 2.29. The number of nitrogens with one attached hydrogen (secondary N) is 2. The molecule has 0 bridgehead atoms. The van der Waals surface area contributed by atoms with Gasteiger partial charge in [0, 0.05) is 36.7 Å². The molecule has 0 radical (unpaired) electrons. The number of hydrogen-bond acceptors (Lipinski definition) is 9. The molecule has 2 aromatic carbocycles. The van der Waals surface area contributed by atoms with Crippen LogP contribution in [0.1, 0.15) is 115 Å². The Morgan fingerprint density at radius 3 is 2.53 bits per heavy atom. The van der Waals surface area contributed by atoms with Crippen molar-refractivity contribution in [2.45, 2.75) is 103 Å². The van der Waals surface area contributed by atoms with Crippen molar-refractivity contribution in [3.05, 3.63) is 101 Å². The van der Waals surface area contributed by atoms with Crippen LogP contribution >= 0.6 is 0 Å². The predicted octanol–water partition coefficient (Wildman–Crippen LogP) is 6.38. The summed E-state index contributed by atoms with van der Waals surface area (Å²) >= 11 is 0. The summed E-state index contributed by atoms with van der Waals surface area (Å²) in [5.41, 5.74) is 7.54. The van der Waals surface area contributed by atoms with E-state index in [9.17, 15) is 14.4 Å². The number of aromatic nitrogens is 5. The number of nitrogens with zero attached hydrogens (tertiary/aromatic N) is 6. The lowest BCUT2D eigenvalue weighted by molar-refractivity contribution is -0.134. The maximum absolute atomic E-state index is 15.2. The molecular formula is C42H49FN8O4. The quantitative estimate of drug-likeness (QED) is 0.139. The van der Waals surface area contributed by atoms with Crippen LogP contribution in [0.5, 0.6) is 0 Å². The van der Waals surface area contributed by atoms with Crippen molar-refractivity contribution in [3.63, 3.8) is 0 Å². The fraction of sp³-hybridized carbons (Fsp3) is 0.452. The molecule has 2 unspecified atom stereocenters. The van der Waals surface area contributed by atoms with Crippen LogP contribution in [-0.4, -0.2) is 73.2 Å². The first kappa shape index (κ1) is 38.0. The number of aryl methyl sites for hydroxylation is 2. The van der Waals surface area contributed by atoms with Crippen LogP contribution in [0.25, 0.3) is 16.8 Å². The number of benzene rings is 2. The fourth-order valence-electron chi connectivity index (χ4n) is 7.62. The Morgan fingerprint density at radius 2 is 1.82 bits per heavy atom. The van der Waals surface area contributed by atoms with E-state index in [2.05, 4.69) is 60.0 Å². The van der Waals surface area contributed by atoms with Gasteiger partial charge in [-0.3, -0.25) is 19.7 Å². The number of carbonyl (C=O) groups is 3. The van der Waals surface area contributed by atoms with Crippen LogP contribution in [0.3, 0.4) is 0 Å². The number of alkyl halides is 1. The monoisotopic (exact) mass is 748 g/mol. The smallest absolute Gasteiger partial charge is 0.292 e. The molecular weight excluding hydrogens is 700 g/mol. The Hall–Kier alpha value is -5.30. The Labute approximate surface area is 320 Å². The van der Waals surface area contributed by atoms with Crippen LogP contribution < -0.4 is 10.6 Å². The maximum atomic E-state index is 15.2. The van der Waals surface area contributed by atoms with E-state index in [1.54, 1.807) is 6.33 Å². The fourth-order valence-corrected chi connectivity index (χ4v) is 7.62. The van der Waals surface area contributed by atoms with Crippen molar-refractivity contribution in [3.8, 4) is 11.3 Å². The van der Waals surface area contributed by atoms with Crippen LogP contribution in [0.4, 0.5) is 4.39 Å². The van der Waals surface area contributed by atoms with E-state index in [0.717, 1.165) is 77.8 Å². The minimum Gasteiger partial charge on any atom is -0.345 e. The number of imide groups is 1. The predicted molar refractivity (Wildman–Crippen MR) is 205 cm³/mol. The molecule has 7 rings (SSSR count). The summed E-state index contributed by atoms with van der Waals surface area (Å²) in [6.45, 7) is 10.3. The summed E-state index contributed by atoms with van der Waals surface area (Å²) in [4.78, 5) is 47.5. The SMILES string of the molecule is Cc1cc(-c2ncnn3cc(CCCC(F)CN4CCC(c5ccc(C6CCC(=O)NC6=O)cc5)CC4)cc23)ccc1CNC(=O)c1noc(C(C)(C)C)n1. The highest BCUT2D eigenvalue weighted by atomic mass is 19.1. The molecule has 2 N–H and O–H groups in total. The molecule has 5 aromatic rings. The van der Waals surface area contributed by atoms with E-state index >= 15 is 4.39 Å². The van der Waals surface area contributed by atoms with E-state index in [4.69, 9.17) is 4.52 Å². The molecule has 2 aliphatic rings. The van der Waals surface area contributed by atoms with Gasteiger partial charge in [-0.2, -0.15) is 10.1 Å². The van der Waals surface area contributed by atoms with Crippen LogP contribution in [0, 0.1) is 6.92 Å². The minimum atomic E-state index is -0.892. The molecule has 13 heteroatoms. The standard InChI is InChI=1S/C42H49FN8O4/c1-26-20-31(12-13-32(26)22-44-40(54)38-48-41(55-49-38)42(2,3)4)37-35-21-27(23-51(35)46-25-45-37)6-5-7-33(43)24-50-18-16-29(17-19-50)28-8-10-30(11-9-28)34-14-15-36(52)47-39(34)53/h8-13,20-21,23,25,29,33-34H,5-7,14-19,22,24H2,1-4H3,(H,44,54)(H,47,52,53). The first-order valence-electron chi connectivity index (χ1n) is 19.3. The molecule has 12 nitrogen and oxygen atoms in total. The third-order valence-corrected chi connectivity index (χ3v) is 10.9. The zero-order valence-electron chi connectivity index (χ0n) is 32.0. The minimum absolute atomic E-state index is 0.0135. The van der Waals surface area contributed by atoms with Gasteiger partial charge in [0.15, 0.2) is 0 Å². The lowest BCUT2D eigenvalue weighted by Crippen LogP contribution is -2.39. The van der Waals surface area contributed by atoms with Gasteiger partial charge in [-0.1, -0.05) is 62.3 Å². The Balaban J connectivity index is 0.872. The van der Waals surface area contributed by atoms with Gasteiger partial charge < -0.3 is 14.7 Å². The third-order valence-electron chi connectivity index (χ3n) is 10.9. The van der Waals surface area contributed by atoms with Crippen molar-refractivity contribution in [2.24, 2.45) is 0 Å². The van der Waals surface area contributed by atoms with Crippen molar-refractivity contribution >= 4 is 23.2 Å². The second kappa shape index (κ2) is 16.2. The van der Waals surface area contributed by atoms with Crippen LogP contribution in [0.2, 0.25) is 0 Å². The molecule has 288 valence electrons. The molecule has 0 aliphatic carbocycles. The van der Waals surface area contributed by atoms with Gasteiger partial charge in [-0.15, -0.1) is 0 Å². The molecule has 0 spiro atoms. The molecule has 2 atom stereocenters. The first-order valence-corrected chi connectivity index (χ1v) is 19.3. The van der Waals surface area contributed by atoms with E-state index < -0.39 is 12.1 Å². The van der Waals surface area contributed by atoms with E-state index in [1.807, 2.05) is 62.7 Å². The first-order chi connectivity index (χ1) is 26.4. The second-order valence-electron chi connectivity index (χ2n) is 16.0. The van der Waals surface area contributed by atoms with Crippen LogP contribution in [-0.2, 0) is 28.0 Å². The Morgan fingerprint density at radius 1 is 1.05 bits per heavy atom. The van der Waals surface area contributed by atoms with E-state index in [-0.39, 0.29) is 29.0 Å². The van der Waals surface area contributed by atoms with Gasteiger partial charge in [0.05, 0.1) is 17.1 Å². The lowest BCUT2D eigenvalue weighted by Gasteiger charge is -2.33. The largest absolute Gasteiger partial charge is 0.345 e. The molecule has 2 fully saturated rings. The molecule has 0 saturated carbocycles. The van der Waals surface area contributed by atoms with Gasteiger partial charge >= 0.3 is 0 Å². The summed E-state index contributed by atoms with van der Waals surface area (Å²) in [6, 6.07) is 16.4. The highest BCUT2D eigenvalue weighted by Crippen LogP contribution is 2.32. The summed E-state index contributed by atoms with van der Waals surface area (Å²) in [5, 5.41) is 13.6. The second-order valence-corrected chi connectivity index (χ2v) is 16.0. The van der Waals surface area contributed by atoms with Gasteiger partial charge in [0.1, 0.15) is 12.5 Å². The highest BCUT2D eigenvalue weighted by molar-refractivity contribution is 6.00. The molecule has 2 saturated heterocycles. The zero-order chi connectivity index (χ0) is 38.7. The number of likely N-dealkylation sites (tertiary alicyclic amines) is 1. The number of halogens is 1. The van der Waals surface area contributed by atoms with Crippen molar-refractivity contribution in [2.75, 3.05) is 19.6 Å². The van der Waals surface area contributed by atoms with E-state index in [0.29, 0.717) is 44.2 Å². The average molecular weight is 749 g/mol. The average Bonchev–Trinajstić information content (AvgIpc) is 3.83. The number of carbonyl (C=O) groups excluding carboxylic acids is 3. The summed E-state index contributed by atoms with van der Waals surface area (Å²) in [7, 11) is 0. The van der Waals surface area contributed by atoms with E-state index in [1.165, 1.54) is 5.56 Å². The molecule has 2 aliphatic heterocycles. The van der Waals surface area contributed by atoms with Crippen molar-refractivity contribution < 1.29 is 23.3 Å². The van der Waals surface area contributed by atoms with Crippen molar-refractivity contribution in [1.29, 1.82) is 0 Å². The summed E-state index contributed by atoms with van der Waals surface area (Å²) in [5.74, 6) is -0.231. The molecule has 3 amide bonds. The van der Waals surface area contributed by atoms with Gasteiger partial charge in [0.2, 0.25) is 17.7 Å². The molecule has 55 heavy (non-hydrogen) atoms. The molecule has 3 aromatic heterocycles. The van der Waals surface area contributed by atoms with Gasteiger partial charge in [-0.25, -0.2) is 13.9 Å². The Kier molecular flexibility index (Phi) is 11.2. The van der Waals surface area contributed by atoms with Gasteiger partial charge in [-0.05, 0) is 104 Å². The van der Waals surface area contributed by atoms with Gasteiger partial charge in [0.25, 0.3) is 11.7 Å². The summed E-state index contributed by atoms with van der Waals surface area (Å²) in [6.07, 6.45) is 7.50. The van der Waals surface area contributed by atoms with Crippen LogP contribution in [0.15, 0.2) is 65.6 Å². The topological polar surface area (TPSA) is 148 Å². The number of fused-ring (bicyclic) bond motifs is 1. The third kappa shape index (κ3) is 8.99. The lowest BCUT2D eigenvalue weighted by atomic mass is 9.86. The number of rotatable bonds is 12. The Bertz CT molecular complexity index is 2160. The number of piperidine rings is 2. The maximum Gasteiger partial charge on any atom is 0.292 e. The molecule has 5 heterocycles. The van der Waals surface area contributed by atoms with Crippen molar-refractivity contribution in [1.82, 2.24) is 40.3 Å². The zero-order valence-corrected chi connectivity index (χ0v) is 32.0. The summed E-state index contributed by atoms with van der Waals surface area (Å²) < 4.78 is 22.3.